The van der Waals surface area contributed by atoms with E-state index >= 15 is 0 Å². The first kappa shape index (κ1) is 15.5. The lowest BCUT2D eigenvalue weighted by molar-refractivity contribution is -0.118. The minimum absolute atomic E-state index is 0.0816. The van der Waals surface area contributed by atoms with E-state index in [2.05, 4.69) is 15.0 Å². The maximum absolute atomic E-state index is 12.1. The van der Waals surface area contributed by atoms with Gasteiger partial charge in [0.05, 0.1) is 4.90 Å². The molecule has 21 heavy (non-hydrogen) atoms. The van der Waals surface area contributed by atoms with Crippen molar-refractivity contribution in [1.29, 1.82) is 0 Å². The summed E-state index contributed by atoms with van der Waals surface area (Å²) in [6.07, 6.45) is 2.19. The van der Waals surface area contributed by atoms with Crippen molar-refractivity contribution < 1.29 is 13.2 Å². The fraction of sp³-hybridized carbons (Fsp3) is 0.231. The molecular weight excluding hydrogens is 310 g/mol. The Labute approximate surface area is 127 Å². The van der Waals surface area contributed by atoms with Gasteiger partial charge in [0.25, 0.3) is 10.0 Å². The Balaban J connectivity index is 2.02. The van der Waals surface area contributed by atoms with Gasteiger partial charge >= 0.3 is 0 Å². The lowest BCUT2D eigenvalue weighted by Gasteiger charge is -2.07. The summed E-state index contributed by atoms with van der Waals surface area (Å²) in [6, 6.07) is 6.55. The molecule has 0 saturated carbocycles. The molecule has 0 unspecified atom stereocenters. The van der Waals surface area contributed by atoms with Gasteiger partial charge in [-0.1, -0.05) is 12.1 Å². The Morgan fingerprint density at radius 2 is 2.00 bits per heavy atom. The molecule has 0 saturated heterocycles. The highest BCUT2D eigenvalue weighted by molar-refractivity contribution is 7.93. The highest BCUT2D eigenvalue weighted by Crippen LogP contribution is 2.18. The summed E-state index contributed by atoms with van der Waals surface area (Å²) in [5.74, 6) is -0.0816. The highest BCUT2D eigenvalue weighted by Gasteiger charge is 2.15. The SMILES string of the molecule is CC(=O)NCCc1ccc(S(=O)(=O)Nc2nccs2)cc1. The first-order chi connectivity index (χ1) is 9.97. The minimum Gasteiger partial charge on any atom is -0.356 e. The van der Waals surface area contributed by atoms with Crippen molar-refractivity contribution in [1.82, 2.24) is 10.3 Å². The molecule has 0 bridgehead atoms. The topological polar surface area (TPSA) is 88.2 Å². The van der Waals surface area contributed by atoms with Gasteiger partial charge in [-0.2, -0.15) is 0 Å². The summed E-state index contributed by atoms with van der Waals surface area (Å²) in [5.41, 5.74) is 0.956. The van der Waals surface area contributed by atoms with E-state index in [1.54, 1.807) is 29.6 Å². The second-order valence-electron chi connectivity index (χ2n) is 4.32. The molecule has 0 aliphatic carbocycles. The van der Waals surface area contributed by atoms with Crippen LogP contribution in [0.4, 0.5) is 5.13 Å². The van der Waals surface area contributed by atoms with Gasteiger partial charge in [-0.15, -0.1) is 11.3 Å². The maximum Gasteiger partial charge on any atom is 0.263 e. The number of rotatable bonds is 6. The van der Waals surface area contributed by atoms with Crippen LogP contribution in [0.2, 0.25) is 0 Å². The molecule has 1 heterocycles. The van der Waals surface area contributed by atoms with Crippen LogP contribution in [0.15, 0.2) is 40.7 Å². The molecule has 0 spiro atoms. The molecule has 0 atom stereocenters. The Hall–Kier alpha value is -1.93. The number of hydrogen-bond donors (Lipinski definition) is 2. The first-order valence-corrected chi connectivity index (χ1v) is 8.59. The average molecular weight is 325 g/mol. The molecule has 2 rings (SSSR count). The number of nitrogens with zero attached hydrogens (tertiary/aromatic N) is 1. The van der Waals surface area contributed by atoms with Gasteiger partial charge in [-0.05, 0) is 24.1 Å². The summed E-state index contributed by atoms with van der Waals surface area (Å²) < 4.78 is 26.6. The normalized spacial score (nSPS) is 11.1. The van der Waals surface area contributed by atoms with Gasteiger partial charge in [-0.25, -0.2) is 13.4 Å². The van der Waals surface area contributed by atoms with Gasteiger partial charge in [0.2, 0.25) is 5.91 Å². The number of anilines is 1. The third-order valence-electron chi connectivity index (χ3n) is 2.68. The maximum atomic E-state index is 12.1. The van der Waals surface area contributed by atoms with Crippen LogP contribution in [0.5, 0.6) is 0 Å². The molecule has 2 aromatic rings. The van der Waals surface area contributed by atoms with Crippen LogP contribution in [0.1, 0.15) is 12.5 Å². The van der Waals surface area contributed by atoms with Crippen molar-refractivity contribution in [2.45, 2.75) is 18.2 Å². The van der Waals surface area contributed by atoms with Gasteiger partial charge in [-0.3, -0.25) is 9.52 Å². The molecule has 112 valence electrons. The Morgan fingerprint density at radius 1 is 1.29 bits per heavy atom. The largest absolute Gasteiger partial charge is 0.356 e. The fourth-order valence-electron chi connectivity index (χ4n) is 1.67. The first-order valence-electron chi connectivity index (χ1n) is 6.23. The van der Waals surface area contributed by atoms with E-state index in [9.17, 15) is 13.2 Å². The van der Waals surface area contributed by atoms with Crippen LogP contribution in [-0.2, 0) is 21.2 Å². The van der Waals surface area contributed by atoms with Gasteiger partial charge in [0, 0.05) is 25.0 Å². The van der Waals surface area contributed by atoms with E-state index in [1.165, 1.54) is 24.5 Å². The number of aromatic nitrogens is 1. The van der Waals surface area contributed by atoms with E-state index < -0.39 is 10.0 Å². The van der Waals surface area contributed by atoms with Crippen molar-refractivity contribution in [3.8, 4) is 0 Å². The second kappa shape index (κ2) is 6.68. The van der Waals surface area contributed by atoms with Crippen molar-refractivity contribution in [2.24, 2.45) is 0 Å². The van der Waals surface area contributed by atoms with Crippen molar-refractivity contribution in [3.05, 3.63) is 41.4 Å². The highest BCUT2D eigenvalue weighted by atomic mass is 32.2. The second-order valence-corrected chi connectivity index (χ2v) is 6.90. The molecule has 8 heteroatoms. The Morgan fingerprint density at radius 3 is 2.57 bits per heavy atom. The van der Waals surface area contributed by atoms with Crippen LogP contribution >= 0.6 is 11.3 Å². The molecule has 0 fully saturated rings. The molecule has 0 aliphatic heterocycles. The van der Waals surface area contributed by atoms with Crippen molar-refractivity contribution in [2.75, 3.05) is 11.3 Å². The van der Waals surface area contributed by atoms with E-state index in [0.29, 0.717) is 18.1 Å². The minimum atomic E-state index is -3.61. The van der Waals surface area contributed by atoms with Gasteiger partial charge < -0.3 is 5.32 Å². The van der Waals surface area contributed by atoms with E-state index in [-0.39, 0.29) is 10.8 Å². The summed E-state index contributed by atoms with van der Waals surface area (Å²) >= 11 is 1.22. The Kier molecular flexibility index (Phi) is 4.92. The van der Waals surface area contributed by atoms with Crippen LogP contribution < -0.4 is 10.0 Å². The zero-order valence-corrected chi connectivity index (χ0v) is 13.0. The molecule has 1 aromatic heterocycles. The summed E-state index contributed by atoms with van der Waals surface area (Å²) in [7, 11) is -3.61. The molecular formula is C13H15N3O3S2. The predicted octanol–water partition coefficient (Wildman–Crippen LogP) is 1.62. The van der Waals surface area contributed by atoms with Crippen LogP contribution in [0, 0.1) is 0 Å². The Bertz CT molecular complexity index is 695. The lowest BCUT2D eigenvalue weighted by atomic mass is 10.1. The summed E-state index contributed by atoms with van der Waals surface area (Å²) in [4.78, 5) is 14.8. The number of carbonyl (C=O) groups is 1. The van der Waals surface area contributed by atoms with Crippen LogP contribution in [-0.4, -0.2) is 25.9 Å². The lowest BCUT2D eigenvalue weighted by Crippen LogP contribution is -2.22. The number of carbonyl (C=O) groups excluding carboxylic acids is 1. The summed E-state index contributed by atoms with van der Waals surface area (Å²) in [6.45, 7) is 1.98. The average Bonchev–Trinajstić information content (AvgIpc) is 2.91. The number of sulfonamides is 1. The number of hydrogen-bond acceptors (Lipinski definition) is 5. The molecule has 0 radical (unpaired) electrons. The molecule has 1 aromatic carbocycles. The van der Waals surface area contributed by atoms with Crippen molar-refractivity contribution >= 4 is 32.4 Å². The predicted molar refractivity (Wildman–Crippen MR) is 81.8 cm³/mol. The smallest absolute Gasteiger partial charge is 0.263 e. The molecule has 0 aliphatic rings. The van der Waals surface area contributed by atoms with Crippen LogP contribution in [0.25, 0.3) is 0 Å². The van der Waals surface area contributed by atoms with E-state index in [0.717, 1.165) is 5.56 Å². The number of thiazole rings is 1. The third-order valence-corrected chi connectivity index (χ3v) is 4.85. The molecule has 6 nitrogen and oxygen atoms in total. The number of nitrogens with one attached hydrogen (secondary N) is 2. The van der Waals surface area contributed by atoms with Crippen molar-refractivity contribution in [3.63, 3.8) is 0 Å². The zero-order valence-electron chi connectivity index (χ0n) is 11.4. The number of amides is 1. The molecule has 1 amide bonds. The zero-order chi connectivity index (χ0) is 15.3. The monoisotopic (exact) mass is 325 g/mol. The quantitative estimate of drug-likeness (QED) is 0.845. The van der Waals surface area contributed by atoms with Gasteiger partial charge in [0.15, 0.2) is 5.13 Å². The number of benzene rings is 1. The fourth-order valence-corrected chi connectivity index (χ4v) is 3.45. The van der Waals surface area contributed by atoms with Crippen LogP contribution in [0.3, 0.4) is 0 Å². The third kappa shape index (κ3) is 4.54. The van der Waals surface area contributed by atoms with E-state index in [4.69, 9.17) is 0 Å². The summed E-state index contributed by atoms with van der Waals surface area (Å²) in [5, 5.41) is 4.73. The standard InChI is InChI=1S/C13H15N3O3S2/c1-10(17)14-7-6-11-2-4-12(5-3-11)21(18,19)16-13-15-8-9-20-13/h2-5,8-9H,6-7H2,1H3,(H,14,17)(H,15,16). The molecule has 2 N–H and O–H groups in total. The van der Waals surface area contributed by atoms with Gasteiger partial charge in [0.1, 0.15) is 0 Å². The van der Waals surface area contributed by atoms with E-state index in [1.807, 2.05) is 0 Å².